The van der Waals surface area contributed by atoms with E-state index in [1.165, 1.54) is 0 Å². The van der Waals surface area contributed by atoms with Crippen molar-refractivity contribution in [3.05, 3.63) is 48.0 Å². The molecular formula is C16H14O2. The lowest BCUT2D eigenvalue weighted by Crippen LogP contribution is -1.94. The molecular weight excluding hydrogens is 224 g/mol. The predicted octanol–water partition coefficient (Wildman–Crippen LogP) is 3.35. The Bertz CT molecular complexity index is 580. The van der Waals surface area contributed by atoms with Crippen LogP contribution in [0.2, 0.25) is 0 Å². The fourth-order valence-corrected chi connectivity index (χ4v) is 1.87. The first-order valence-corrected chi connectivity index (χ1v) is 5.58. The molecule has 2 rings (SSSR count). The van der Waals surface area contributed by atoms with Crippen molar-refractivity contribution in [2.75, 3.05) is 14.2 Å². The van der Waals surface area contributed by atoms with E-state index >= 15 is 0 Å². The molecule has 0 aliphatic rings. The molecule has 18 heavy (non-hydrogen) atoms. The van der Waals surface area contributed by atoms with Crippen molar-refractivity contribution in [3.63, 3.8) is 0 Å². The van der Waals surface area contributed by atoms with Gasteiger partial charge in [-0.1, -0.05) is 36.3 Å². The van der Waals surface area contributed by atoms with Crippen LogP contribution in [-0.2, 0) is 0 Å². The summed E-state index contributed by atoms with van der Waals surface area (Å²) in [7, 11) is 3.19. The van der Waals surface area contributed by atoms with Gasteiger partial charge in [0.2, 0.25) is 0 Å². The van der Waals surface area contributed by atoms with Crippen LogP contribution in [-0.4, -0.2) is 14.2 Å². The smallest absolute Gasteiger partial charge is 0.176 e. The third-order valence-corrected chi connectivity index (χ3v) is 2.74. The molecule has 0 saturated heterocycles. The number of benzene rings is 2. The molecule has 0 aromatic heterocycles. The Morgan fingerprint density at radius 1 is 0.944 bits per heavy atom. The molecule has 2 aromatic rings. The summed E-state index contributed by atoms with van der Waals surface area (Å²) in [5, 5.41) is 0. The van der Waals surface area contributed by atoms with Gasteiger partial charge in [0.15, 0.2) is 11.5 Å². The molecule has 2 heteroatoms. The lowest BCUT2D eigenvalue weighted by Gasteiger charge is -2.12. The van der Waals surface area contributed by atoms with Gasteiger partial charge in [-0.25, -0.2) is 0 Å². The lowest BCUT2D eigenvalue weighted by molar-refractivity contribution is 0.354. The molecule has 0 unspecified atom stereocenters. The highest BCUT2D eigenvalue weighted by Crippen LogP contribution is 2.35. The third-order valence-electron chi connectivity index (χ3n) is 2.74. The van der Waals surface area contributed by atoms with Crippen LogP contribution in [0.4, 0.5) is 0 Å². The quantitative estimate of drug-likeness (QED) is 0.763. The van der Waals surface area contributed by atoms with Crippen molar-refractivity contribution >= 4 is 0 Å². The average Bonchev–Trinajstić information content (AvgIpc) is 2.46. The molecule has 0 amide bonds. The molecule has 90 valence electrons. The minimum absolute atomic E-state index is 0.597. The van der Waals surface area contributed by atoms with Gasteiger partial charge in [0.1, 0.15) is 0 Å². The van der Waals surface area contributed by atoms with Crippen LogP contribution in [0.1, 0.15) is 5.56 Å². The molecule has 0 aliphatic carbocycles. The van der Waals surface area contributed by atoms with Crippen LogP contribution in [0, 0.1) is 12.3 Å². The van der Waals surface area contributed by atoms with Crippen molar-refractivity contribution in [1.29, 1.82) is 0 Å². The van der Waals surface area contributed by atoms with E-state index in [0.717, 1.165) is 11.1 Å². The van der Waals surface area contributed by atoms with Crippen molar-refractivity contribution in [2.24, 2.45) is 0 Å². The second-order valence-electron chi connectivity index (χ2n) is 3.77. The van der Waals surface area contributed by atoms with E-state index in [2.05, 4.69) is 5.92 Å². The van der Waals surface area contributed by atoms with Crippen LogP contribution in [0.25, 0.3) is 11.1 Å². The highest BCUT2D eigenvalue weighted by molar-refractivity contribution is 5.71. The Hall–Kier alpha value is -2.40. The van der Waals surface area contributed by atoms with E-state index in [-0.39, 0.29) is 0 Å². The summed E-state index contributed by atoms with van der Waals surface area (Å²) in [6, 6.07) is 13.9. The molecule has 0 bridgehead atoms. The average molecular weight is 238 g/mol. The summed E-state index contributed by atoms with van der Waals surface area (Å²) in [4.78, 5) is 0. The fraction of sp³-hybridized carbons (Fsp3) is 0.125. The molecule has 2 nitrogen and oxygen atoms in total. The van der Waals surface area contributed by atoms with Crippen molar-refractivity contribution in [3.8, 4) is 35.0 Å². The van der Waals surface area contributed by atoms with E-state index in [9.17, 15) is 0 Å². The third kappa shape index (κ3) is 2.16. The van der Waals surface area contributed by atoms with Crippen LogP contribution < -0.4 is 9.47 Å². The van der Waals surface area contributed by atoms with Crippen LogP contribution in [0.3, 0.4) is 0 Å². The Morgan fingerprint density at radius 3 is 2.22 bits per heavy atom. The first-order valence-electron chi connectivity index (χ1n) is 5.58. The molecule has 0 N–H and O–H groups in total. The lowest BCUT2D eigenvalue weighted by atomic mass is 10.0. The largest absolute Gasteiger partial charge is 0.493 e. The Labute approximate surface area is 107 Å². The summed E-state index contributed by atoms with van der Waals surface area (Å²) in [5.74, 6) is 3.87. The van der Waals surface area contributed by atoms with E-state index in [0.29, 0.717) is 17.1 Å². The van der Waals surface area contributed by atoms with Gasteiger partial charge in [0.05, 0.1) is 19.8 Å². The SMILES string of the molecule is C#Cc1cc(-c2ccccc2)cc(OC)c1OC. The maximum absolute atomic E-state index is 5.51. The van der Waals surface area contributed by atoms with Crippen molar-refractivity contribution < 1.29 is 9.47 Å². The van der Waals surface area contributed by atoms with Gasteiger partial charge in [-0.15, -0.1) is 6.42 Å². The number of rotatable bonds is 3. The first-order chi connectivity index (χ1) is 8.80. The molecule has 2 aromatic carbocycles. The monoisotopic (exact) mass is 238 g/mol. The van der Waals surface area contributed by atoms with Gasteiger partial charge in [-0.3, -0.25) is 0 Å². The Balaban J connectivity index is 2.62. The minimum atomic E-state index is 0.597. The zero-order valence-electron chi connectivity index (χ0n) is 10.4. The van der Waals surface area contributed by atoms with E-state index in [4.69, 9.17) is 15.9 Å². The second-order valence-corrected chi connectivity index (χ2v) is 3.77. The van der Waals surface area contributed by atoms with Gasteiger partial charge in [-0.05, 0) is 23.3 Å². The van der Waals surface area contributed by atoms with Gasteiger partial charge in [-0.2, -0.15) is 0 Å². The highest BCUT2D eigenvalue weighted by atomic mass is 16.5. The van der Waals surface area contributed by atoms with Crippen LogP contribution >= 0.6 is 0 Å². The standard InChI is InChI=1S/C16H14O2/c1-4-12-10-14(13-8-6-5-7-9-13)11-15(17-2)16(12)18-3/h1,5-11H,2-3H3. The van der Waals surface area contributed by atoms with E-state index in [1.807, 2.05) is 42.5 Å². The number of ether oxygens (including phenoxy) is 2. The Kier molecular flexibility index (Phi) is 3.54. The summed E-state index contributed by atoms with van der Waals surface area (Å²) in [6.07, 6.45) is 5.51. The molecule has 0 heterocycles. The number of methoxy groups -OCH3 is 2. The molecule has 0 aliphatic heterocycles. The van der Waals surface area contributed by atoms with Gasteiger partial charge >= 0.3 is 0 Å². The van der Waals surface area contributed by atoms with E-state index in [1.54, 1.807) is 14.2 Å². The van der Waals surface area contributed by atoms with Crippen LogP contribution in [0.5, 0.6) is 11.5 Å². The van der Waals surface area contributed by atoms with E-state index < -0.39 is 0 Å². The molecule has 0 fully saturated rings. The molecule has 0 atom stereocenters. The summed E-state index contributed by atoms with van der Waals surface area (Å²) >= 11 is 0. The van der Waals surface area contributed by atoms with Crippen molar-refractivity contribution in [2.45, 2.75) is 0 Å². The maximum Gasteiger partial charge on any atom is 0.176 e. The topological polar surface area (TPSA) is 18.5 Å². The number of terminal acetylenes is 1. The molecule has 0 saturated carbocycles. The minimum Gasteiger partial charge on any atom is -0.493 e. The highest BCUT2D eigenvalue weighted by Gasteiger charge is 2.11. The maximum atomic E-state index is 5.51. The summed E-state index contributed by atoms with van der Waals surface area (Å²) < 4.78 is 10.6. The van der Waals surface area contributed by atoms with Gasteiger partial charge < -0.3 is 9.47 Å². The normalized spacial score (nSPS) is 9.61. The van der Waals surface area contributed by atoms with Crippen molar-refractivity contribution in [1.82, 2.24) is 0 Å². The van der Waals surface area contributed by atoms with Gasteiger partial charge in [0.25, 0.3) is 0 Å². The zero-order chi connectivity index (χ0) is 13.0. The predicted molar refractivity (Wildman–Crippen MR) is 72.9 cm³/mol. The zero-order valence-corrected chi connectivity index (χ0v) is 10.4. The number of hydrogen-bond donors (Lipinski definition) is 0. The Morgan fingerprint density at radius 2 is 1.67 bits per heavy atom. The first kappa shape index (κ1) is 12.1. The molecule has 0 spiro atoms. The second kappa shape index (κ2) is 5.29. The fourth-order valence-electron chi connectivity index (χ4n) is 1.87. The molecule has 0 radical (unpaired) electrons. The summed E-state index contributed by atoms with van der Waals surface area (Å²) in [5.41, 5.74) is 2.80. The van der Waals surface area contributed by atoms with Gasteiger partial charge in [0, 0.05) is 0 Å². The summed E-state index contributed by atoms with van der Waals surface area (Å²) in [6.45, 7) is 0. The number of hydrogen-bond acceptors (Lipinski definition) is 2. The van der Waals surface area contributed by atoms with Crippen LogP contribution in [0.15, 0.2) is 42.5 Å².